The average Bonchev–Trinajstić information content (AvgIpc) is 2.67. The standard InChI is InChI=1S/C19H21N3O3/c1-21-19(24)14-10-13(16-4-2-3-5-17(16)18(20)23)11-15(12-14)22-6-8-25-9-7-22/h2-5,10-12H,6-9H2,1H3,(H2,20,23)(H,21,24). The largest absolute Gasteiger partial charge is 0.378 e. The fraction of sp³-hybridized carbons (Fsp3) is 0.263. The van der Waals surface area contributed by atoms with Crippen LogP contribution in [-0.2, 0) is 4.74 Å². The number of hydrogen-bond acceptors (Lipinski definition) is 4. The Bertz CT molecular complexity index is 798. The topological polar surface area (TPSA) is 84.7 Å². The van der Waals surface area contributed by atoms with Crippen LogP contribution in [0.15, 0.2) is 42.5 Å². The molecule has 130 valence electrons. The minimum absolute atomic E-state index is 0.173. The van der Waals surface area contributed by atoms with Crippen molar-refractivity contribution in [1.29, 1.82) is 0 Å². The number of anilines is 1. The molecule has 1 saturated heterocycles. The number of ether oxygens (including phenoxy) is 1. The van der Waals surface area contributed by atoms with Crippen molar-refractivity contribution in [3.63, 3.8) is 0 Å². The Kier molecular flexibility index (Phi) is 5.00. The highest BCUT2D eigenvalue weighted by Crippen LogP contribution is 2.30. The zero-order valence-corrected chi connectivity index (χ0v) is 14.1. The predicted octanol–water partition coefficient (Wildman–Crippen LogP) is 1.65. The molecule has 1 aliphatic rings. The molecule has 0 saturated carbocycles. The first-order valence-electron chi connectivity index (χ1n) is 8.19. The summed E-state index contributed by atoms with van der Waals surface area (Å²) in [5.74, 6) is -0.665. The highest BCUT2D eigenvalue weighted by atomic mass is 16.5. The molecule has 25 heavy (non-hydrogen) atoms. The minimum Gasteiger partial charge on any atom is -0.378 e. The van der Waals surface area contributed by atoms with Gasteiger partial charge in [-0.3, -0.25) is 9.59 Å². The molecule has 0 bridgehead atoms. The summed E-state index contributed by atoms with van der Waals surface area (Å²) < 4.78 is 5.40. The number of primary amides is 1. The minimum atomic E-state index is -0.492. The molecule has 6 nitrogen and oxygen atoms in total. The van der Waals surface area contributed by atoms with Gasteiger partial charge in [0.15, 0.2) is 0 Å². The molecular formula is C19H21N3O3. The van der Waals surface area contributed by atoms with Crippen LogP contribution in [0.2, 0.25) is 0 Å². The van der Waals surface area contributed by atoms with Crippen LogP contribution in [-0.4, -0.2) is 45.2 Å². The van der Waals surface area contributed by atoms with Crippen LogP contribution in [0, 0.1) is 0 Å². The average molecular weight is 339 g/mol. The molecule has 3 rings (SSSR count). The molecule has 2 aromatic carbocycles. The molecule has 2 amide bonds. The number of benzene rings is 2. The van der Waals surface area contributed by atoms with E-state index in [1.807, 2.05) is 24.3 Å². The fourth-order valence-corrected chi connectivity index (χ4v) is 3.00. The van der Waals surface area contributed by atoms with E-state index >= 15 is 0 Å². The van der Waals surface area contributed by atoms with Crippen LogP contribution in [0.4, 0.5) is 5.69 Å². The second kappa shape index (κ2) is 7.36. The van der Waals surface area contributed by atoms with Crippen LogP contribution in [0.5, 0.6) is 0 Å². The molecule has 6 heteroatoms. The van der Waals surface area contributed by atoms with Crippen molar-refractivity contribution in [2.45, 2.75) is 0 Å². The summed E-state index contributed by atoms with van der Waals surface area (Å²) >= 11 is 0. The van der Waals surface area contributed by atoms with Crippen LogP contribution in [0.3, 0.4) is 0 Å². The lowest BCUT2D eigenvalue weighted by molar-refractivity contribution is 0.0961. The Labute approximate surface area is 146 Å². The van der Waals surface area contributed by atoms with Gasteiger partial charge in [0.25, 0.3) is 5.91 Å². The highest BCUT2D eigenvalue weighted by Gasteiger charge is 2.17. The smallest absolute Gasteiger partial charge is 0.251 e. The Hall–Kier alpha value is -2.86. The third-order valence-corrected chi connectivity index (χ3v) is 4.29. The van der Waals surface area contributed by atoms with Gasteiger partial charge >= 0.3 is 0 Å². The molecule has 0 spiro atoms. The highest BCUT2D eigenvalue weighted by molar-refractivity contribution is 6.02. The normalized spacial score (nSPS) is 14.2. The van der Waals surface area contributed by atoms with E-state index in [1.165, 1.54) is 0 Å². The Morgan fingerprint density at radius 1 is 1.12 bits per heavy atom. The number of amides is 2. The summed E-state index contributed by atoms with van der Waals surface area (Å²) in [5, 5.41) is 2.65. The molecule has 3 N–H and O–H groups in total. The van der Waals surface area contributed by atoms with Crippen LogP contribution in [0.1, 0.15) is 20.7 Å². The van der Waals surface area contributed by atoms with Crippen LogP contribution >= 0.6 is 0 Å². The number of carbonyl (C=O) groups is 2. The summed E-state index contributed by atoms with van der Waals surface area (Å²) in [6.45, 7) is 2.82. The summed E-state index contributed by atoms with van der Waals surface area (Å²) in [6.07, 6.45) is 0. The monoisotopic (exact) mass is 339 g/mol. The van der Waals surface area contributed by atoms with Crippen molar-refractivity contribution < 1.29 is 14.3 Å². The quantitative estimate of drug-likeness (QED) is 0.887. The zero-order chi connectivity index (χ0) is 17.8. The molecule has 0 aliphatic carbocycles. The maximum absolute atomic E-state index is 12.2. The van der Waals surface area contributed by atoms with E-state index in [9.17, 15) is 9.59 Å². The number of nitrogens with zero attached hydrogens (tertiary/aromatic N) is 1. The maximum atomic E-state index is 12.2. The first-order valence-corrected chi connectivity index (χ1v) is 8.19. The van der Waals surface area contributed by atoms with Gasteiger partial charge in [0.05, 0.1) is 13.2 Å². The molecule has 0 atom stereocenters. The lowest BCUT2D eigenvalue weighted by Gasteiger charge is -2.29. The van der Waals surface area contributed by atoms with Gasteiger partial charge in [0.1, 0.15) is 0 Å². The molecule has 2 aromatic rings. The molecule has 1 aliphatic heterocycles. The van der Waals surface area contributed by atoms with Gasteiger partial charge in [0.2, 0.25) is 5.91 Å². The Balaban J connectivity index is 2.12. The first-order chi connectivity index (χ1) is 12.1. The van der Waals surface area contributed by atoms with E-state index in [-0.39, 0.29) is 5.91 Å². The van der Waals surface area contributed by atoms with Gasteiger partial charge in [-0.05, 0) is 35.4 Å². The second-order valence-electron chi connectivity index (χ2n) is 5.86. The third kappa shape index (κ3) is 3.64. The first kappa shape index (κ1) is 17.0. The lowest BCUT2D eigenvalue weighted by Crippen LogP contribution is -2.36. The second-order valence-corrected chi connectivity index (χ2v) is 5.86. The zero-order valence-electron chi connectivity index (χ0n) is 14.1. The van der Waals surface area contributed by atoms with E-state index < -0.39 is 5.91 Å². The fourth-order valence-electron chi connectivity index (χ4n) is 3.00. The van der Waals surface area contributed by atoms with Crippen LogP contribution in [0.25, 0.3) is 11.1 Å². The lowest BCUT2D eigenvalue weighted by atomic mass is 9.96. The van der Waals surface area contributed by atoms with Crippen molar-refractivity contribution in [1.82, 2.24) is 5.32 Å². The summed E-state index contributed by atoms with van der Waals surface area (Å²) in [6, 6.07) is 12.8. The predicted molar refractivity (Wildman–Crippen MR) is 96.8 cm³/mol. The van der Waals surface area contributed by atoms with E-state index in [0.29, 0.717) is 24.3 Å². The van der Waals surface area contributed by atoms with Gasteiger partial charge in [-0.1, -0.05) is 18.2 Å². The maximum Gasteiger partial charge on any atom is 0.251 e. The van der Waals surface area contributed by atoms with Crippen molar-refractivity contribution >= 4 is 17.5 Å². The van der Waals surface area contributed by atoms with Crippen molar-refractivity contribution in [2.24, 2.45) is 5.73 Å². The van der Waals surface area contributed by atoms with Crippen LogP contribution < -0.4 is 16.0 Å². The van der Waals surface area contributed by atoms with E-state index in [0.717, 1.165) is 29.9 Å². The molecular weight excluding hydrogens is 318 g/mol. The van der Waals surface area contributed by atoms with Gasteiger partial charge in [-0.15, -0.1) is 0 Å². The summed E-state index contributed by atoms with van der Waals surface area (Å²) in [7, 11) is 1.60. The molecule has 0 aromatic heterocycles. The van der Waals surface area contributed by atoms with Crippen molar-refractivity contribution in [3.8, 4) is 11.1 Å². The molecule has 1 fully saturated rings. The van der Waals surface area contributed by atoms with E-state index in [1.54, 1.807) is 25.2 Å². The number of rotatable bonds is 4. The SMILES string of the molecule is CNC(=O)c1cc(-c2ccccc2C(N)=O)cc(N2CCOCC2)c1. The number of nitrogens with one attached hydrogen (secondary N) is 1. The molecule has 0 radical (unpaired) electrons. The number of morpholine rings is 1. The van der Waals surface area contributed by atoms with E-state index in [2.05, 4.69) is 10.2 Å². The Morgan fingerprint density at radius 2 is 1.84 bits per heavy atom. The molecule has 0 unspecified atom stereocenters. The number of carbonyl (C=O) groups excluding carboxylic acids is 2. The summed E-state index contributed by atoms with van der Waals surface area (Å²) in [5.41, 5.74) is 8.92. The van der Waals surface area contributed by atoms with Gasteiger partial charge in [-0.25, -0.2) is 0 Å². The van der Waals surface area contributed by atoms with Crippen molar-refractivity contribution in [2.75, 3.05) is 38.3 Å². The van der Waals surface area contributed by atoms with Gasteiger partial charge in [0, 0.05) is 37.0 Å². The van der Waals surface area contributed by atoms with E-state index in [4.69, 9.17) is 10.5 Å². The number of hydrogen-bond donors (Lipinski definition) is 2. The van der Waals surface area contributed by atoms with Crippen molar-refractivity contribution in [3.05, 3.63) is 53.6 Å². The number of nitrogens with two attached hydrogens (primary N) is 1. The van der Waals surface area contributed by atoms with Gasteiger partial charge in [-0.2, -0.15) is 0 Å². The third-order valence-electron chi connectivity index (χ3n) is 4.29. The summed E-state index contributed by atoms with van der Waals surface area (Å²) in [4.78, 5) is 26.2. The molecule has 1 heterocycles. The Morgan fingerprint density at radius 3 is 2.52 bits per heavy atom. The van der Waals surface area contributed by atoms with Gasteiger partial charge < -0.3 is 20.7 Å².